The largest absolute Gasteiger partial charge is 0.450 e. The number of nitrogens with one attached hydrogen (secondary N) is 1. The first-order valence-corrected chi connectivity index (χ1v) is 8.17. The Bertz CT molecular complexity index is 344. The third-order valence-electron chi connectivity index (χ3n) is 3.77. The summed E-state index contributed by atoms with van der Waals surface area (Å²) in [5.74, 6) is 1.02. The van der Waals surface area contributed by atoms with Gasteiger partial charge in [-0.1, -0.05) is 27.2 Å². The van der Waals surface area contributed by atoms with Gasteiger partial charge < -0.3 is 15.0 Å². The summed E-state index contributed by atoms with van der Waals surface area (Å²) in [4.78, 5) is 25.8. The molecule has 0 saturated carbocycles. The van der Waals surface area contributed by atoms with Gasteiger partial charge in [-0.15, -0.1) is 0 Å². The Balaban J connectivity index is 2.63. The number of carbonyl (C=O) groups excluding carboxylic acids is 2. The highest BCUT2D eigenvalue weighted by Crippen LogP contribution is 2.22. The molecule has 0 spiro atoms. The van der Waals surface area contributed by atoms with Crippen molar-refractivity contribution >= 4 is 12.0 Å². The van der Waals surface area contributed by atoms with Gasteiger partial charge in [-0.05, 0) is 31.6 Å². The molecule has 0 radical (unpaired) electrons. The van der Waals surface area contributed by atoms with Gasteiger partial charge >= 0.3 is 6.09 Å². The lowest BCUT2D eigenvalue weighted by atomic mass is 9.90. The van der Waals surface area contributed by atoms with Gasteiger partial charge in [0.1, 0.15) is 0 Å². The van der Waals surface area contributed by atoms with E-state index in [-0.39, 0.29) is 18.0 Å². The van der Waals surface area contributed by atoms with Crippen LogP contribution in [0.1, 0.15) is 53.4 Å². The van der Waals surface area contributed by atoms with Crippen molar-refractivity contribution in [3.8, 4) is 0 Å². The quantitative estimate of drug-likeness (QED) is 0.820. The van der Waals surface area contributed by atoms with Crippen molar-refractivity contribution in [2.45, 2.75) is 59.4 Å². The molecule has 1 heterocycles. The van der Waals surface area contributed by atoms with E-state index in [0.717, 1.165) is 25.8 Å². The van der Waals surface area contributed by atoms with E-state index in [1.807, 2.05) is 4.90 Å². The summed E-state index contributed by atoms with van der Waals surface area (Å²) in [5.41, 5.74) is 0. The first-order valence-electron chi connectivity index (χ1n) is 8.17. The van der Waals surface area contributed by atoms with Crippen molar-refractivity contribution < 1.29 is 14.3 Å². The molecule has 1 rings (SSSR count). The first-order chi connectivity index (χ1) is 9.96. The Morgan fingerprint density at radius 1 is 1.29 bits per heavy atom. The molecule has 2 unspecified atom stereocenters. The predicted molar refractivity (Wildman–Crippen MR) is 83.0 cm³/mol. The van der Waals surface area contributed by atoms with Crippen molar-refractivity contribution in [3.63, 3.8) is 0 Å². The van der Waals surface area contributed by atoms with Crippen LogP contribution in [-0.2, 0) is 9.53 Å². The summed E-state index contributed by atoms with van der Waals surface area (Å²) in [7, 11) is 0. The van der Waals surface area contributed by atoms with Gasteiger partial charge in [0.2, 0.25) is 5.91 Å². The van der Waals surface area contributed by atoms with Crippen LogP contribution in [0.5, 0.6) is 0 Å². The number of piperidine rings is 1. The van der Waals surface area contributed by atoms with E-state index in [0.29, 0.717) is 31.4 Å². The molecule has 122 valence electrons. The summed E-state index contributed by atoms with van der Waals surface area (Å²) in [6.45, 7) is 9.85. The second kappa shape index (κ2) is 8.90. The van der Waals surface area contributed by atoms with Crippen LogP contribution in [0.4, 0.5) is 4.79 Å². The summed E-state index contributed by atoms with van der Waals surface area (Å²) >= 11 is 0. The number of ether oxygens (including phenoxy) is 1. The van der Waals surface area contributed by atoms with Gasteiger partial charge in [0.15, 0.2) is 0 Å². The molecule has 2 atom stereocenters. The molecule has 0 bridgehead atoms. The second-order valence-corrected chi connectivity index (χ2v) is 6.35. The Morgan fingerprint density at radius 3 is 2.57 bits per heavy atom. The number of alkyl carbamates (subject to hydrolysis) is 1. The van der Waals surface area contributed by atoms with Crippen LogP contribution in [0.15, 0.2) is 0 Å². The van der Waals surface area contributed by atoms with Gasteiger partial charge in [-0.3, -0.25) is 4.79 Å². The predicted octanol–water partition coefficient (Wildman–Crippen LogP) is 2.80. The van der Waals surface area contributed by atoms with Crippen molar-refractivity contribution in [2.75, 3.05) is 19.7 Å². The molecule has 21 heavy (non-hydrogen) atoms. The van der Waals surface area contributed by atoms with E-state index in [2.05, 4.69) is 26.1 Å². The van der Waals surface area contributed by atoms with Gasteiger partial charge in [0.25, 0.3) is 0 Å². The summed E-state index contributed by atoms with van der Waals surface area (Å²) in [6, 6.07) is 0.00506. The van der Waals surface area contributed by atoms with Crippen LogP contribution in [0.25, 0.3) is 0 Å². The van der Waals surface area contributed by atoms with E-state index < -0.39 is 0 Å². The maximum absolute atomic E-state index is 12.3. The molecule has 0 aromatic rings. The first kappa shape index (κ1) is 17.8. The third-order valence-corrected chi connectivity index (χ3v) is 3.77. The lowest BCUT2D eigenvalue weighted by molar-refractivity contribution is -0.134. The zero-order valence-corrected chi connectivity index (χ0v) is 13.9. The van der Waals surface area contributed by atoms with Crippen LogP contribution < -0.4 is 5.32 Å². The molecule has 1 fully saturated rings. The zero-order chi connectivity index (χ0) is 15.8. The van der Waals surface area contributed by atoms with Crippen LogP contribution in [-0.4, -0.2) is 42.6 Å². The van der Waals surface area contributed by atoms with Gasteiger partial charge in [0, 0.05) is 19.5 Å². The van der Waals surface area contributed by atoms with Crippen molar-refractivity contribution in [2.24, 2.45) is 11.8 Å². The average Bonchev–Trinajstić information content (AvgIpc) is 2.38. The summed E-state index contributed by atoms with van der Waals surface area (Å²) in [5, 5.41) is 2.89. The van der Waals surface area contributed by atoms with E-state index in [1.165, 1.54) is 0 Å². The molecule has 0 aromatic carbocycles. The Labute approximate surface area is 128 Å². The Kier molecular flexibility index (Phi) is 7.54. The number of likely N-dealkylation sites (tertiary alicyclic amines) is 1. The minimum absolute atomic E-state index is 0.00506. The van der Waals surface area contributed by atoms with Crippen molar-refractivity contribution in [3.05, 3.63) is 0 Å². The van der Waals surface area contributed by atoms with Crippen molar-refractivity contribution in [1.82, 2.24) is 10.2 Å². The highest BCUT2D eigenvalue weighted by Gasteiger charge is 2.30. The molecule has 1 aliphatic rings. The zero-order valence-electron chi connectivity index (χ0n) is 13.9. The monoisotopic (exact) mass is 298 g/mol. The average molecular weight is 298 g/mol. The second-order valence-electron chi connectivity index (χ2n) is 6.35. The van der Waals surface area contributed by atoms with E-state index in [1.54, 1.807) is 6.92 Å². The molecule has 5 nitrogen and oxygen atoms in total. The molecule has 5 heteroatoms. The van der Waals surface area contributed by atoms with Crippen LogP contribution >= 0.6 is 0 Å². The van der Waals surface area contributed by atoms with E-state index >= 15 is 0 Å². The topological polar surface area (TPSA) is 58.6 Å². The third kappa shape index (κ3) is 6.36. The molecule has 0 aliphatic carbocycles. The molecular weight excluding hydrogens is 268 g/mol. The normalized spacial score (nSPS) is 22.2. The minimum atomic E-state index is -0.379. The maximum atomic E-state index is 12.3. The van der Waals surface area contributed by atoms with Crippen molar-refractivity contribution in [1.29, 1.82) is 0 Å². The number of carbonyl (C=O) groups is 2. The highest BCUT2D eigenvalue weighted by atomic mass is 16.5. The maximum Gasteiger partial charge on any atom is 0.407 e. The van der Waals surface area contributed by atoms with Crippen LogP contribution in [0, 0.1) is 11.8 Å². The molecular formula is C16H30N2O3. The smallest absolute Gasteiger partial charge is 0.407 e. The number of hydrogen-bond donors (Lipinski definition) is 1. The SMILES string of the molecule is CCCC1CC(NC(=O)OCC)CN(C(=O)CC(C)C)C1. The fourth-order valence-electron chi connectivity index (χ4n) is 2.95. The lowest BCUT2D eigenvalue weighted by Gasteiger charge is -2.38. The minimum Gasteiger partial charge on any atom is -0.450 e. The molecule has 1 aliphatic heterocycles. The van der Waals surface area contributed by atoms with Crippen LogP contribution in [0.3, 0.4) is 0 Å². The van der Waals surface area contributed by atoms with E-state index in [4.69, 9.17) is 4.74 Å². The van der Waals surface area contributed by atoms with Gasteiger partial charge in [-0.25, -0.2) is 4.79 Å². The molecule has 2 amide bonds. The van der Waals surface area contributed by atoms with Gasteiger partial charge in [0.05, 0.1) is 12.6 Å². The van der Waals surface area contributed by atoms with Crippen LogP contribution in [0.2, 0.25) is 0 Å². The number of amides is 2. The van der Waals surface area contributed by atoms with E-state index in [9.17, 15) is 9.59 Å². The Hall–Kier alpha value is -1.26. The highest BCUT2D eigenvalue weighted by molar-refractivity contribution is 5.76. The Morgan fingerprint density at radius 2 is 2.00 bits per heavy atom. The number of hydrogen-bond acceptors (Lipinski definition) is 3. The fraction of sp³-hybridized carbons (Fsp3) is 0.875. The molecule has 1 saturated heterocycles. The fourth-order valence-corrected chi connectivity index (χ4v) is 2.95. The molecule has 0 aromatic heterocycles. The van der Waals surface area contributed by atoms with Gasteiger partial charge in [-0.2, -0.15) is 0 Å². The standard InChI is InChI=1S/C16H30N2O3/c1-5-7-13-9-14(17-16(20)21-6-2)11-18(10-13)15(19)8-12(3)4/h12-14H,5-11H2,1-4H3,(H,17,20). The number of rotatable bonds is 6. The summed E-state index contributed by atoms with van der Waals surface area (Å²) in [6.07, 6.45) is 3.31. The lowest BCUT2D eigenvalue weighted by Crippen LogP contribution is -2.52. The number of nitrogens with zero attached hydrogens (tertiary/aromatic N) is 1. The summed E-state index contributed by atoms with van der Waals surface area (Å²) < 4.78 is 4.95. The molecule has 1 N–H and O–H groups in total.